The summed E-state index contributed by atoms with van der Waals surface area (Å²) in [5, 5.41) is 10.9. The van der Waals surface area contributed by atoms with Gasteiger partial charge in [0.25, 0.3) is 0 Å². The summed E-state index contributed by atoms with van der Waals surface area (Å²) < 4.78 is 2.99. The first-order chi connectivity index (χ1) is 12.8. The predicted octanol–water partition coefficient (Wildman–Crippen LogP) is 1.98. The van der Waals surface area contributed by atoms with Crippen LogP contribution in [0.1, 0.15) is 58.3 Å². The number of nitrogens with one attached hydrogen (secondary N) is 2. The standard InChI is InChI=1S/C20H29N5O2/c1-14(18(26)22-20(2,3)4)25-19(27)24(16-8-6-5-7-9-16)17(23-25)15-10-12-21-13-11-15/h5-9,14-15,21H,10-13H2,1-4H3,(H,22,26). The van der Waals surface area contributed by atoms with Crippen molar-refractivity contribution in [2.45, 2.75) is 58.0 Å². The molecule has 0 saturated carbocycles. The molecule has 3 rings (SSSR count). The summed E-state index contributed by atoms with van der Waals surface area (Å²) in [6, 6.07) is 8.85. The highest BCUT2D eigenvalue weighted by molar-refractivity contribution is 5.80. The number of carbonyl (C=O) groups excluding carboxylic acids is 1. The highest BCUT2D eigenvalue weighted by Gasteiger charge is 2.29. The second-order valence-corrected chi connectivity index (χ2v) is 8.20. The van der Waals surface area contributed by atoms with E-state index in [4.69, 9.17) is 0 Å². The van der Waals surface area contributed by atoms with Crippen molar-refractivity contribution in [1.29, 1.82) is 0 Å². The SMILES string of the molecule is CC(C(=O)NC(C)(C)C)n1nc(C2CCNCC2)n(-c2ccccc2)c1=O. The van der Waals surface area contributed by atoms with Crippen molar-refractivity contribution in [2.24, 2.45) is 0 Å². The molecule has 1 fully saturated rings. The summed E-state index contributed by atoms with van der Waals surface area (Å²) in [5.41, 5.74) is 0.145. The van der Waals surface area contributed by atoms with E-state index < -0.39 is 6.04 Å². The van der Waals surface area contributed by atoms with E-state index in [9.17, 15) is 9.59 Å². The monoisotopic (exact) mass is 371 g/mol. The average molecular weight is 371 g/mol. The summed E-state index contributed by atoms with van der Waals surface area (Å²) in [7, 11) is 0. The van der Waals surface area contributed by atoms with Gasteiger partial charge in [-0.15, -0.1) is 0 Å². The molecule has 27 heavy (non-hydrogen) atoms. The Kier molecular flexibility index (Phi) is 5.51. The van der Waals surface area contributed by atoms with E-state index >= 15 is 0 Å². The van der Waals surface area contributed by atoms with E-state index in [1.807, 2.05) is 51.1 Å². The molecule has 1 saturated heterocycles. The minimum atomic E-state index is -0.679. The van der Waals surface area contributed by atoms with Crippen LogP contribution in [0.3, 0.4) is 0 Å². The molecule has 1 unspecified atom stereocenters. The second kappa shape index (κ2) is 7.68. The number of aromatic nitrogens is 3. The van der Waals surface area contributed by atoms with Gasteiger partial charge in [-0.2, -0.15) is 5.10 Å². The van der Waals surface area contributed by atoms with Crippen molar-refractivity contribution >= 4 is 5.91 Å². The van der Waals surface area contributed by atoms with E-state index in [1.54, 1.807) is 11.5 Å². The molecular weight excluding hydrogens is 342 g/mol. The maximum atomic E-state index is 13.2. The van der Waals surface area contributed by atoms with E-state index in [-0.39, 0.29) is 23.1 Å². The average Bonchev–Trinajstić information content (AvgIpc) is 2.98. The van der Waals surface area contributed by atoms with Crippen LogP contribution in [0.5, 0.6) is 0 Å². The third-order valence-corrected chi connectivity index (χ3v) is 4.79. The number of piperidine rings is 1. The van der Waals surface area contributed by atoms with Gasteiger partial charge in [-0.1, -0.05) is 18.2 Å². The Morgan fingerprint density at radius 1 is 1.22 bits per heavy atom. The van der Waals surface area contributed by atoms with Gasteiger partial charge in [0, 0.05) is 11.5 Å². The van der Waals surface area contributed by atoms with E-state index in [0.717, 1.165) is 37.4 Å². The van der Waals surface area contributed by atoms with Crippen molar-refractivity contribution in [3.63, 3.8) is 0 Å². The number of para-hydroxylation sites is 1. The summed E-state index contributed by atoms with van der Waals surface area (Å²) in [6.07, 6.45) is 1.84. The van der Waals surface area contributed by atoms with E-state index in [1.165, 1.54) is 4.68 Å². The fraction of sp³-hybridized carbons (Fsp3) is 0.550. The fourth-order valence-electron chi connectivity index (χ4n) is 3.40. The topological polar surface area (TPSA) is 81.0 Å². The lowest BCUT2D eigenvalue weighted by Crippen LogP contribution is -2.45. The quantitative estimate of drug-likeness (QED) is 0.861. The molecule has 1 aliphatic rings. The maximum absolute atomic E-state index is 13.2. The second-order valence-electron chi connectivity index (χ2n) is 8.20. The molecule has 1 aliphatic heterocycles. The molecule has 1 amide bonds. The van der Waals surface area contributed by atoms with Gasteiger partial charge >= 0.3 is 5.69 Å². The Balaban J connectivity index is 2.04. The van der Waals surface area contributed by atoms with E-state index in [0.29, 0.717) is 0 Å². The van der Waals surface area contributed by atoms with Crippen LogP contribution >= 0.6 is 0 Å². The Morgan fingerprint density at radius 2 is 1.85 bits per heavy atom. The molecule has 0 aliphatic carbocycles. The normalized spacial score (nSPS) is 16.9. The van der Waals surface area contributed by atoms with Crippen molar-refractivity contribution in [3.05, 3.63) is 46.6 Å². The Labute approximate surface area is 159 Å². The van der Waals surface area contributed by atoms with E-state index in [2.05, 4.69) is 15.7 Å². The summed E-state index contributed by atoms with van der Waals surface area (Å²) in [6.45, 7) is 9.29. The zero-order chi connectivity index (χ0) is 19.6. The minimum absolute atomic E-state index is 0.193. The molecular formula is C20H29N5O2. The van der Waals surface area contributed by atoms with Crippen LogP contribution in [-0.2, 0) is 4.79 Å². The zero-order valence-corrected chi connectivity index (χ0v) is 16.5. The number of hydrogen-bond acceptors (Lipinski definition) is 4. The summed E-state index contributed by atoms with van der Waals surface area (Å²) in [5.74, 6) is 0.723. The van der Waals surface area contributed by atoms with Crippen LogP contribution in [0.25, 0.3) is 5.69 Å². The van der Waals surface area contributed by atoms with Gasteiger partial charge < -0.3 is 10.6 Å². The molecule has 7 heteroatoms. The molecule has 146 valence electrons. The van der Waals surface area contributed by atoms with Gasteiger partial charge in [0.1, 0.15) is 11.9 Å². The number of benzene rings is 1. The number of amides is 1. The van der Waals surface area contributed by atoms with Gasteiger partial charge in [0.05, 0.1) is 5.69 Å². The smallest absolute Gasteiger partial charge is 0.350 e. The Bertz CT molecular complexity index is 841. The Hall–Kier alpha value is -2.41. The number of hydrogen-bond donors (Lipinski definition) is 2. The van der Waals surface area contributed by atoms with Gasteiger partial charge in [-0.3, -0.25) is 4.79 Å². The van der Waals surface area contributed by atoms with Crippen molar-refractivity contribution < 1.29 is 4.79 Å². The lowest BCUT2D eigenvalue weighted by molar-refractivity contribution is -0.125. The molecule has 0 spiro atoms. The fourth-order valence-corrected chi connectivity index (χ4v) is 3.40. The highest BCUT2D eigenvalue weighted by Crippen LogP contribution is 2.25. The number of rotatable bonds is 4. The maximum Gasteiger partial charge on any atom is 0.351 e. The number of carbonyl (C=O) groups is 1. The molecule has 7 nitrogen and oxygen atoms in total. The van der Waals surface area contributed by atoms with Crippen LogP contribution in [0.4, 0.5) is 0 Å². The molecule has 1 atom stereocenters. The van der Waals surface area contributed by atoms with Crippen molar-refractivity contribution in [3.8, 4) is 5.69 Å². The van der Waals surface area contributed by atoms with Crippen molar-refractivity contribution in [1.82, 2.24) is 25.0 Å². The minimum Gasteiger partial charge on any atom is -0.350 e. The first-order valence-electron chi connectivity index (χ1n) is 9.57. The summed E-state index contributed by atoms with van der Waals surface area (Å²) >= 11 is 0. The van der Waals surface area contributed by atoms with Gasteiger partial charge in [-0.25, -0.2) is 14.0 Å². The molecule has 1 aromatic heterocycles. The van der Waals surface area contributed by atoms with Crippen LogP contribution < -0.4 is 16.3 Å². The highest BCUT2D eigenvalue weighted by atomic mass is 16.2. The molecule has 1 aromatic carbocycles. The molecule has 0 bridgehead atoms. The van der Waals surface area contributed by atoms with Crippen LogP contribution in [0.15, 0.2) is 35.1 Å². The first kappa shape index (κ1) is 19.4. The first-order valence-corrected chi connectivity index (χ1v) is 9.57. The van der Waals surface area contributed by atoms with Gasteiger partial charge in [-0.05, 0) is 65.8 Å². The third-order valence-electron chi connectivity index (χ3n) is 4.79. The molecule has 2 N–H and O–H groups in total. The molecule has 0 radical (unpaired) electrons. The van der Waals surface area contributed by atoms with Crippen LogP contribution in [0.2, 0.25) is 0 Å². The van der Waals surface area contributed by atoms with Crippen LogP contribution in [-0.4, -0.2) is 38.9 Å². The lowest BCUT2D eigenvalue weighted by atomic mass is 9.97. The van der Waals surface area contributed by atoms with Crippen LogP contribution in [0, 0.1) is 0 Å². The zero-order valence-electron chi connectivity index (χ0n) is 16.5. The Morgan fingerprint density at radius 3 is 2.44 bits per heavy atom. The van der Waals surface area contributed by atoms with Crippen molar-refractivity contribution in [2.75, 3.05) is 13.1 Å². The molecule has 2 aromatic rings. The largest absolute Gasteiger partial charge is 0.351 e. The lowest BCUT2D eigenvalue weighted by Gasteiger charge is -2.23. The third kappa shape index (κ3) is 4.30. The number of nitrogens with zero attached hydrogens (tertiary/aromatic N) is 3. The van der Waals surface area contributed by atoms with Gasteiger partial charge in [0.2, 0.25) is 5.91 Å². The molecule has 2 heterocycles. The predicted molar refractivity (Wildman–Crippen MR) is 105 cm³/mol. The van der Waals surface area contributed by atoms with Gasteiger partial charge in [0.15, 0.2) is 0 Å². The summed E-state index contributed by atoms with van der Waals surface area (Å²) in [4.78, 5) is 25.8.